The number of ether oxygens (including phenoxy) is 1. The maximum atomic E-state index is 12.4. The highest BCUT2D eigenvalue weighted by Crippen LogP contribution is 2.29. The van der Waals surface area contributed by atoms with E-state index in [1.807, 2.05) is 63.2 Å². The summed E-state index contributed by atoms with van der Waals surface area (Å²) in [6.07, 6.45) is 3.50. The Hall–Kier alpha value is -2.55. The van der Waals surface area contributed by atoms with Gasteiger partial charge >= 0.3 is 0 Å². The molecule has 0 saturated heterocycles. The second kappa shape index (κ2) is 8.52. The molecule has 0 radical (unpaired) electrons. The van der Waals surface area contributed by atoms with Gasteiger partial charge in [0.15, 0.2) is 0 Å². The number of para-hydroxylation sites is 1. The summed E-state index contributed by atoms with van der Waals surface area (Å²) in [5.74, 6) is 0.694. The van der Waals surface area contributed by atoms with Crippen LogP contribution < -0.4 is 10.1 Å². The van der Waals surface area contributed by atoms with Crippen molar-refractivity contribution < 1.29 is 9.53 Å². The molecule has 1 N–H and O–H groups in total. The molecule has 2 aromatic rings. The van der Waals surface area contributed by atoms with Gasteiger partial charge in [-0.2, -0.15) is 0 Å². The first kappa shape index (κ1) is 18.8. The minimum absolute atomic E-state index is 0.0820. The zero-order valence-electron chi connectivity index (χ0n) is 15.5. The van der Waals surface area contributed by atoms with Crippen molar-refractivity contribution in [3.05, 3.63) is 77.4 Å². The number of carbonyl (C=O) groups excluding carboxylic acids is 1. The maximum Gasteiger partial charge on any atom is 0.244 e. The van der Waals surface area contributed by atoms with Crippen LogP contribution in [0, 0.1) is 0 Å². The molecule has 3 nitrogen and oxygen atoms in total. The van der Waals surface area contributed by atoms with Gasteiger partial charge in [0.05, 0.1) is 12.6 Å². The number of allylic oxidation sites excluding steroid dienone is 1. The number of hydrogen-bond acceptors (Lipinski definition) is 2. The van der Waals surface area contributed by atoms with E-state index >= 15 is 0 Å². The van der Waals surface area contributed by atoms with Crippen molar-refractivity contribution in [1.82, 2.24) is 5.32 Å². The van der Waals surface area contributed by atoms with Crippen molar-refractivity contribution in [2.75, 3.05) is 7.11 Å². The van der Waals surface area contributed by atoms with E-state index in [9.17, 15) is 4.79 Å². The van der Waals surface area contributed by atoms with E-state index in [-0.39, 0.29) is 5.91 Å². The molecule has 0 bridgehead atoms. The molecular weight excluding hydrogens is 310 g/mol. The number of hydrogen-bond donors (Lipinski definition) is 1. The Balaban J connectivity index is 2.00. The minimum atomic E-state index is -0.514. The number of benzene rings is 2. The van der Waals surface area contributed by atoms with Gasteiger partial charge in [-0.1, -0.05) is 54.1 Å². The van der Waals surface area contributed by atoms with Gasteiger partial charge in [0.25, 0.3) is 0 Å². The van der Waals surface area contributed by atoms with E-state index in [1.165, 1.54) is 5.56 Å². The van der Waals surface area contributed by atoms with E-state index in [4.69, 9.17) is 4.74 Å². The highest BCUT2D eigenvalue weighted by Gasteiger charge is 2.25. The van der Waals surface area contributed by atoms with Gasteiger partial charge in [0.2, 0.25) is 5.91 Å². The quantitative estimate of drug-likeness (QED) is 0.748. The lowest BCUT2D eigenvalue weighted by molar-refractivity contribution is -0.118. The third-order valence-electron chi connectivity index (χ3n) is 4.24. The lowest BCUT2D eigenvalue weighted by Gasteiger charge is -2.28. The molecule has 0 unspecified atom stereocenters. The Morgan fingerprint density at radius 1 is 1.08 bits per heavy atom. The molecule has 0 aromatic heterocycles. The molecule has 0 aliphatic heterocycles. The van der Waals surface area contributed by atoms with Crippen LogP contribution >= 0.6 is 0 Å². The van der Waals surface area contributed by atoms with Crippen LogP contribution in [0.4, 0.5) is 0 Å². The monoisotopic (exact) mass is 337 g/mol. The van der Waals surface area contributed by atoms with Crippen molar-refractivity contribution in [1.29, 1.82) is 0 Å². The van der Waals surface area contributed by atoms with Gasteiger partial charge < -0.3 is 10.1 Å². The molecule has 132 valence electrons. The molecule has 0 aliphatic rings. The molecule has 1 amide bonds. The van der Waals surface area contributed by atoms with E-state index in [0.717, 1.165) is 29.7 Å². The zero-order valence-corrected chi connectivity index (χ0v) is 15.5. The van der Waals surface area contributed by atoms with Crippen molar-refractivity contribution >= 4 is 5.91 Å². The van der Waals surface area contributed by atoms with Crippen LogP contribution in [0.2, 0.25) is 0 Å². The summed E-state index contributed by atoms with van der Waals surface area (Å²) in [5, 5.41) is 3.08. The van der Waals surface area contributed by atoms with Crippen LogP contribution in [-0.2, 0) is 16.8 Å². The molecule has 0 fully saturated rings. The van der Waals surface area contributed by atoms with Gasteiger partial charge in [-0.25, -0.2) is 0 Å². The van der Waals surface area contributed by atoms with E-state index < -0.39 is 5.54 Å². The van der Waals surface area contributed by atoms with Crippen LogP contribution in [0.15, 0.2) is 66.2 Å². The first-order valence-corrected chi connectivity index (χ1v) is 8.59. The summed E-state index contributed by atoms with van der Waals surface area (Å²) >= 11 is 0. The molecule has 0 atom stereocenters. The number of methoxy groups -OCH3 is 1. The summed E-state index contributed by atoms with van der Waals surface area (Å²) in [6.45, 7) is 5.96. The lowest BCUT2D eigenvalue weighted by Crippen LogP contribution is -2.40. The first-order chi connectivity index (χ1) is 11.9. The van der Waals surface area contributed by atoms with Gasteiger partial charge in [-0.15, -0.1) is 0 Å². The topological polar surface area (TPSA) is 38.3 Å². The Bertz CT molecular complexity index is 733. The summed E-state index contributed by atoms with van der Waals surface area (Å²) in [7, 11) is 1.64. The predicted molar refractivity (Wildman–Crippen MR) is 103 cm³/mol. The fraction of sp³-hybridized carbons (Fsp3) is 0.318. The number of amides is 1. The van der Waals surface area contributed by atoms with Crippen molar-refractivity contribution in [2.24, 2.45) is 0 Å². The van der Waals surface area contributed by atoms with E-state index in [2.05, 4.69) is 17.4 Å². The molecule has 2 rings (SSSR count). The summed E-state index contributed by atoms with van der Waals surface area (Å²) in [6, 6.07) is 18.1. The Morgan fingerprint density at radius 2 is 1.72 bits per heavy atom. The Labute approximate surface area is 150 Å². The fourth-order valence-electron chi connectivity index (χ4n) is 2.85. The average Bonchev–Trinajstić information content (AvgIpc) is 2.60. The summed E-state index contributed by atoms with van der Waals surface area (Å²) in [4.78, 5) is 12.4. The normalized spacial score (nSPS) is 11.9. The molecule has 0 saturated carbocycles. The second-order valence-corrected chi connectivity index (χ2v) is 6.79. The van der Waals surface area contributed by atoms with Crippen LogP contribution in [0.5, 0.6) is 5.75 Å². The van der Waals surface area contributed by atoms with Crippen LogP contribution in [-0.4, -0.2) is 13.0 Å². The Kier molecular flexibility index (Phi) is 6.40. The highest BCUT2D eigenvalue weighted by molar-refractivity contribution is 5.88. The zero-order chi connectivity index (χ0) is 18.3. The van der Waals surface area contributed by atoms with Gasteiger partial charge in [0.1, 0.15) is 5.75 Å². The van der Waals surface area contributed by atoms with Gasteiger partial charge in [0, 0.05) is 11.6 Å². The second-order valence-electron chi connectivity index (χ2n) is 6.79. The number of rotatable bonds is 7. The third kappa shape index (κ3) is 5.49. The maximum absolute atomic E-state index is 12.4. The van der Waals surface area contributed by atoms with Crippen LogP contribution in [0.1, 0.15) is 38.3 Å². The molecule has 2 aromatic carbocycles. The predicted octanol–water partition coefficient (Wildman–Crippen LogP) is 4.63. The average molecular weight is 337 g/mol. The standard InChI is InChI=1S/C22H27NO2/c1-17(14-15-18-10-6-5-7-11-18)16-21(24)23-22(2,3)19-12-8-9-13-20(19)25-4/h5-13,16H,14-15H2,1-4H3,(H,23,24). The molecule has 0 heterocycles. The minimum Gasteiger partial charge on any atom is -0.496 e. The number of carbonyl (C=O) groups is 1. The Morgan fingerprint density at radius 3 is 2.40 bits per heavy atom. The molecular formula is C22H27NO2. The van der Waals surface area contributed by atoms with Crippen molar-refractivity contribution in [3.8, 4) is 5.75 Å². The summed E-state index contributed by atoms with van der Waals surface area (Å²) in [5.41, 5.74) is 2.79. The van der Waals surface area contributed by atoms with Crippen molar-refractivity contribution in [3.63, 3.8) is 0 Å². The number of aryl methyl sites for hydroxylation is 1. The van der Waals surface area contributed by atoms with Crippen LogP contribution in [0.25, 0.3) is 0 Å². The smallest absolute Gasteiger partial charge is 0.244 e. The SMILES string of the molecule is COc1ccccc1C(C)(C)NC(=O)C=C(C)CCc1ccccc1. The molecule has 25 heavy (non-hydrogen) atoms. The summed E-state index contributed by atoms with van der Waals surface area (Å²) < 4.78 is 5.42. The lowest BCUT2D eigenvalue weighted by atomic mass is 9.93. The number of nitrogens with one attached hydrogen (secondary N) is 1. The molecule has 3 heteroatoms. The van der Waals surface area contributed by atoms with Crippen molar-refractivity contribution in [2.45, 2.75) is 39.2 Å². The van der Waals surface area contributed by atoms with Gasteiger partial charge in [-0.3, -0.25) is 4.79 Å². The molecule has 0 spiro atoms. The highest BCUT2D eigenvalue weighted by atomic mass is 16.5. The third-order valence-corrected chi connectivity index (χ3v) is 4.24. The van der Waals surface area contributed by atoms with E-state index in [1.54, 1.807) is 13.2 Å². The van der Waals surface area contributed by atoms with Crippen LogP contribution in [0.3, 0.4) is 0 Å². The fourth-order valence-corrected chi connectivity index (χ4v) is 2.85. The van der Waals surface area contributed by atoms with Gasteiger partial charge in [-0.05, 0) is 45.2 Å². The largest absolute Gasteiger partial charge is 0.496 e. The van der Waals surface area contributed by atoms with E-state index in [0.29, 0.717) is 0 Å². The molecule has 0 aliphatic carbocycles. The first-order valence-electron chi connectivity index (χ1n) is 8.59.